The Morgan fingerprint density at radius 2 is 2.04 bits per heavy atom. The number of rotatable bonds is 5. The second-order valence-corrected chi connectivity index (χ2v) is 4.77. The predicted octanol–water partition coefficient (Wildman–Crippen LogP) is 2.69. The maximum absolute atomic E-state index is 12.8. The van der Waals surface area contributed by atoms with Crippen LogP contribution in [-0.2, 0) is 6.18 Å². The second kappa shape index (κ2) is 7.08. The molecule has 0 aliphatic rings. The van der Waals surface area contributed by atoms with Crippen molar-refractivity contribution in [2.45, 2.75) is 19.1 Å². The summed E-state index contributed by atoms with van der Waals surface area (Å²) in [6.07, 6.45) is -0.405. The van der Waals surface area contributed by atoms with Crippen molar-refractivity contribution in [3.05, 3.63) is 54.1 Å². The summed E-state index contributed by atoms with van der Waals surface area (Å²) in [6, 6.07) is 4.41. The molecule has 1 heterocycles. The molecule has 1 amide bonds. The number of carbonyl (C=O) groups excluding carboxylic acids is 1. The van der Waals surface area contributed by atoms with Gasteiger partial charge in [-0.3, -0.25) is 9.78 Å². The van der Waals surface area contributed by atoms with Gasteiger partial charge in [0.15, 0.2) is 0 Å². The average Bonchev–Trinajstić information content (AvgIpc) is 2.53. The molecule has 5 nitrogen and oxygen atoms in total. The fraction of sp³-hybridized carbons (Fsp3) is 0.267. The first kappa shape index (κ1) is 16.7. The van der Waals surface area contributed by atoms with Gasteiger partial charge in [-0.15, -0.1) is 0 Å². The lowest BCUT2D eigenvalue weighted by atomic mass is 10.2. The predicted molar refractivity (Wildman–Crippen MR) is 75.9 cm³/mol. The molecule has 1 N–H and O–H groups in total. The zero-order valence-corrected chi connectivity index (χ0v) is 12.2. The summed E-state index contributed by atoms with van der Waals surface area (Å²) >= 11 is 0. The van der Waals surface area contributed by atoms with Crippen molar-refractivity contribution in [1.29, 1.82) is 0 Å². The molecular formula is C15H14F3N3O2. The SMILES string of the molecule is CC(COc1ccccc1C(F)(F)F)NC(=O)c1cnccn1. The Hall–Kier alpha value is -2.64. The monoisotopic (exact) mass is 325 g/mol. The zero-order valence-electron chi connectivity index (χ0n) is 12.2. The van der Waals surface area contributed by atoms with Crippen molar-refractivity contribution in [2.75, 3.05) is 6.61 Å². The van der Waals surface area contributed by atoms with Crippen molar-refractivity contribution in [1.82, 2.24) is 15.3 Å². The van der Waals surface area contributed by atoms with Gasteiger partial charge in [-0.2, -0.15) is 13.2 Å². The Balaban J connectivity index is 1.95. The Bertz CT molecular complexity index is 663. The maximum atomic E-state index is 12.8. The topological polar surface area (TPSA) is 64.1 Å². The molecule has 1 unspecified atom stereocenters. The van der Waals surface area contributed by atoms with Gasteiger partial charge in [-0.25, -0.2) is 4.98 Å². The van der Waals surface area contributed by atoms with Crippen LogP contribution in [0.2, 0.25) is 0 Å². The number of para-hydroxylation sites is 1. The number of hydrogen-bond acceptors (Lipinski definition) is 4. The number of hydrogen-bond donors (Lipinski definition) is 1. The number of nitrogens with one attached hydrogen (secondary N) is 1. The second-order valence-electron chi connectivity index (χ2n) is 4.77. The van der Waals surface area contributed by atoms with Crippen molar-refractivity contribution in [2.24, 2.45) is 0 Å². The third kappa shape index (κ3) is 4.67. The van der Waals surface area contributed by atoms with Gasteiger partial charge >= 0.3 is 6.18 Å². The molecule has 122 valence electrons. The van der Waals surface area contributed by atoms with Crippen LogP contribution in [0.3, 0.4) is 0 Å². The van der Waals surface area contributed by atoms with Crippen LogP contribution in [0.4, 0.5) is 13.2 Å². The molecule has 0 fully saturated rings. The van der Waals surface area contributed by atoms with Crippen LogP contribution in [0.25, 0.3) is 0 Å². The van der Waals surface area contributed by atoms with Crippen molar-refractivity contribution in [3.8, 4) is 5.75 Å². The van der Waals surface area contributed by atoms with Crippen molar-refractivity contribution >= 4 is 5.91 Å². The van der Waals surface area contributed by atoms with Crippen LogP contribution >= 0.6 is 0 Å². The molecular weight excluding hydrogens is 311 g/mol. The van der Waals surface area contributed by atoms with E-state index in [1.165, 1.54) is 36.8 Å². The standard InChI is InChI=1S/C15H14F3N3O2/c1-10(21-14(22)12-8-19-6-7-20-12)9-23-13-5-3-2-4-11(13)15(16,17)18/h2-8,10H,9H2,1H3,(H,21,22). The van der Waals surface area contributed by atoms with E-state index in [4.69, 9.17) is 4.74 Å². The van der Waals surface area contributed by atoms with E-state index in [9.17, 15) is 18.0 Å². The van der Waals surface area contributed by atoms with E-state index in [0.29, 0.717) is 0 Å². The van der Waals surface area contributed by atoms with E-state index in [1.807, 2.05) is 0 Å². The van der Waals surface area contributed by atoms with Crippen LogP contribution < -0.4 is 10.1 Å². The molecule has 0 aliphatic carbocycles. The normalized spacial score (nSPS) is 12.5. The van der Waals surface area contributed by atoms with Crippen LogP contribution in [0, 0.1) is 0 Å². The first-order chi connectivity index (χ1) is 10.9. The van der Waals surface area contributed by atoms with Gasteiger partial charge in [0.05, 0.1) is 17.8 Å². The third-order valence-corrected chi connectivity index (χ3v) is 2.85. The summed E-state index contributed by atoms with van der Waals surface area (Å²) in [5.41, 5.74) is -0.734. The number of carbonyl (C=O) groups is 1. The molecule has 0 saturated heterocycles. The Morgan fingerprint density at radius 1 is 1.30 bits per heavy atom. The summed E-state index contributed by atoms with van der Waals surface area (Å²) in [5.74, 6) is -0.751. The summed E-state index contributed by atoms with van der Waals surface area (Å²) < 4.78 is 43.7. The van der Waals surface area contributed by atoms with E-state index < -0.39 is 23.7 Å². The third-order valence-electron chi connectivity index (χ3n) is 2.85. The minimum atomic E-state index is -4.50. The van der Waals surface area contributed by atoms with Crippen LogP contribution in [0.5, 0.6) is 5.75 Å². The highest BCUT2D eigenvalue weighted by Crippen LogP contribution is 2.35. The van der Waals surface area contributed by atoms with Gasteiger partial charge in [0, 0.05) is 12.4 Å². The lowest BCUT2D eigenvalue weighted by Gasteiger charge is -2.17. The van der Waals surface area contributed by atoms with Crippen LogP contribution in [-0.4, -0.2) is 28.5 Å². The number of halogens is 3. The number of benzene rings is 1. The van der Waals surface area contributed by atoms with E-state index in [1.54, 1.807) is 6.92 Å². The Labute approximate surface area is 130 Å². The Morgan fingerprint density at radius 3 is 2.70 bits per heavy atom. The fourth-order valence-electron chi connectivity index (χ4n) is 1.80. The summed E-state index contributed by atoms with van der Waals surface area (Å²) in [5, 5.41) is 2.58. The number of aromatic nitrogens is 2. The number of alkyl halides is 3. The molecule has 2 rings (SSSR count). The molecule has 1 aromatic carbocycles. The summed E-state index contributed by atoms with van der Waals surface area (Å²) in [4.78, 5) is 19.4. The number of amides is 1. The molecule has 0 aliphatic heterocycles. The highest BCUT2D eigenvalue weighted by molar-refractivity contribution is 5.92. The number of ether oxygens (including phenoxy) is 1. The van der Waals surface area contributed by atoms with Crippen molar-refractivity contribution in [3.63, 3.8) is 0 Å². The average molecular weight is 325 g/mol. The summed E-state index contributed by atoms with van der Waals surface area (Å²) in [7, 11) is 0. The fourth-order valence-corrected chi connectivity index (χ4v) is 1.80. The van der Waals surface area contributed by atoms with Crippen LogP contribution in [0.15, 0.2) is 42.9 Å². The minimum absolute atomic E-state index is 0.112. The highest BCUT2D eigenvalue weighted by Gasteiger charge is 2.34. The first-order valence-corrected chi connectivity index (χ1v) is 6.74. The van der Waals surface area contributed by atoms with E-state index >= 15 is 0 Å². The molecule has 1 atom stereocenters. The Kier molecular flexibility index (Phi) is 5.15. The molecule has 0 radical (unpaired) electrons. The van der Waals surface area contributed by atoms with Gasteiger partial charge in [0.1, 0.15) is 18.1 Å². The summed E-state index contributed by atoms with van der Waals surface area (Å²) in [6.45, 7) is 1.50. The van der Waals surface area contributed by atoms with E-state index in [-0.39, 0.29) is 18.1 Å². The highest BCUT2D eigenvalue weighted by atomic mass is 19.4. The van der Waals surface area contributed by atoms with Gasteiger partial charge < -0.3 is 10.1 Å². The van der Waals surface area contributed by atoms with Gasteiger partial charge in [-0.1, -0.05) is 12.1 Å². The zero-order chi connectivity index (χ0) is 16.9. The van der Waals surface area contributed by atoms with Gasteiger partial charge in [0.2, 0.25) is 0 Å². The number of nitrogens with zero attached hydrogens (tertiary/aromatic N) is 2. The van der Waals surface area contributed by atoms with Crippen LogP contribution in [0.1, 0.15) is 23.0 Å². The molecule has 0 bridgehead atoms. The van der Waals surface area contributed by atoms with Crippen molar-refractivity contribution < 1.29 is 22.7 Å². The smallest absolute Gasteiger partial charge is 0.419 e. The van der Waals surface area contributed by atoms with Gasteiger partial charge in [-0.05, 0) is 19.1 Å². The quantitative estimate of drug-likeness (QED) is 0.918. The molecule has 2 aromatic rings. The molecule has 8 heteroatoms. The lowest BCUT2D eigenvalue weighted by molar-refractivity contribution is -0.139. The molecule has 0 spiro atoms. The lowest BCUT2D eigenvalue weighted by Crippen LogP contribution is -2.37. The molecule has 0 saturated carbocycles. The molecule has 23 heavy (non-hydrogen) atoms. The minimum Gasteiger partial charge on any atom is -0.491 e. The maximum Gasteiger partial charge on any atom is 0.419 e. The first-order valence-electron chi connectivity index (χ1n) is 6.74. The largest absolute Gasteiger partial charge is 0.491 e. The molecule has 1 aromatic heterocycles. The van der Waals surface area contributed by atoms with E-state index in [0.717, 1.165) is 6.07 Å². The van der Waals surface area contributed by atoms with E-state index in [2.05, 4.69) is 15.3 Å². The van der Waals surface area contributed by atoms with Gasteiger partial charge in [0.25, 0.3) is 5.91 Å².